The van der Waals surface area contributed by atoms with Gasteiger partial charge in [0.15, 0.2) is 11.5 Å². The summed E-state index contributed by atoms with van der Waals surface area (Å²) in [4.78, 5) is 24.5. The minimum atomic E-state index is -0.338. The van der Waals surface area contributed by atoms with E-state index in [1.807, 2.05) is 6.92 Å². The van der Waals surface area contributed by atoms with Gasteiger partial charge in [0.05, 0.1) is 11.2 Å². The monoisotopic (exact) mass is 358 g/mol. The summed E-state index contributed by atoms with van der Waals surface area (Å²) in [7, 11) is 0. The Hall–Kier alpha value is -3.13. The van der Waals surface area contributed by atoms with E-state index in [1.165, 1.54) is 6.07 Å². The van der Waals surface area contributed by atoms with Gasteiger partial charge in [-0.1, -0.05) is 11.6 Å². The maximum Gasteiger partial charge on any atom is 0.320 e. The van der Waals surface area contributed by atoms with Crippen LogP contribution in [0.4, 0.5) is 22.1 Å². The molecule has 1 aromatic carbocycles. The average Bonchev–Trinajstić information content (AvgIpc) is 2.58. The molecule has 2 heterocycles. The van der Waals surface area contributed by atoms with E-state index in [9.17, 15) is 9.90 Å². The van der Waals surface area contributed by atoms with E-state index in [1.54, 1.807) is 30.5 Å². The molecule has 0 fully saturated rings. The zero-order chi connectivity index (χ0) is 17.8. The molecular formula is C16H15ClN6O2. The molecule has 8 nitrogen and oxygen atoms in total. The molecule has 3 aromatic rings. The summed E-state index contributed by atoms with van der Waals surface area (Å²) >= 11 is 5.89. The average molecular weight is 359 g/mol. The molecule has 9 heteroatoms. The summed E-state index contributed by atoms with van der Waals surface area (Å²) < 4.78 is 0. The summed E-state index contributed by atoms with van der Waals surface area (Å²) in [5.74, 6) is 0.828. The molecule has 0 unspecified atom stereocenters. The number of carbonyl (C=O) groups is 1. The van der Waals surface area contributed by atoms with Crippen molar-refractivity contribution < 1.29 is 9.90 Å². The Morgan fingerprint density at radius 3 is 2.76 bits per heavy atom. The van der Waals surface area contributed by atoms with Crippen molar-refractivity contribution in [3.05, 3.63) is 41.6 Å². The fourth-order valence-electron chi connectivity index (χ4n) is 2.08. The van der Waals surface area contributed by atoms with E-state index in [-0.39, 0.29) is 16.8 Å². The number of phenols is 1. The largest absolute Gasteiger partial charge is 0.506 e. The van der Waals surface area contributed by atoms with E-state index in [2.05, 4.69) is 30.9 Å². The van der Waals surface area contributed by atoms with Crippen LogP contribution in [-0.2, 0) is 0 Å². The molecule has 3 rings (SSSR count). The molecular weight excluding hydrogens is 344 g/mol. The van der Waals surface area contributed by atoms with Crippen LogP contribution in [0.1, 0.15) is 6.92 Å². The van der Waals surface area contributed by atoms with Crippen molar-refractivity contribution in [3.63, 3.8) is 0 Å². The predicted molar refractivity (Wildman–Crippen MR) is 96.4 cm³/mol. The SMILES string of the molecule is CCNC(=O)Nc1ccc2ncc(Nc3ccc(O)c(Cl)c3)nc2n1. The highest BCUT2D eigenvalue weighted by molar-refractivity contribution is 6.32. The van der Waals surface area contributed by atoms with Gasteiger partial charge in [-0.05, 0) is 37.3 Å². The zero-order valence-electron chi connectivity index (χ0n) is 13.2. The number of halogens is 1. The standard InChI is InChI=1S/C16H15ClN6O2/c1-2-18-16(25)23-13-6-4-11-15(21-13)22-14(8-19-11)20-9-3-5-12(24)10(17)7-9/h3-8,24H,2H2,1H3,(H3,18,20,21,22,23,25). The quantitative estimate of drug-likeness (QED) is 0.532. The number of anilines is 3. The van der Waals surface area contributed by atoms with Gasteiger partial charge in [-0.15, -0.1) is 0 Å². The molecule has 2 amide bonds. The van der Waals surface area contributed by atoms with Gasteiger partial charge in [-0.2, -0.15) is 0 Å². The third-order valence-corrected chi connectivity index (χ3v) is 3.51. The second-order valence-corrected chi connectivity index (χ2v) is 5.48. The van der Waals surface area contributed by atoms with Gasteiger partial charge < -0.3 is 15.7 Å². The van der Waals surface area contributed by atoms with Crippen molar-refractivity contribution in [1.82, 2.24) is 20.3 Å². The van der Waals surface area contributed by atoms with Crippen molar-refractivity contribution in [3.8, 4) is 5.75 Å². The molecule has 128 valence electrons. The van der Waals surface area contributed by atoms with Gasteiger partial charge in [0.1, 0.15) is 17.1 Å². The number of nitrogens with zero attached hydrogens (tertiary/aromatic N) is 3. The first-order chi connectivity index (χ1) is 12.0. The highest BCUT2D eigenvalue weighted by atomic mass is 35.5. The number of hydrogen-bond acceptors (Lipinski definition) is 6. The lowest BCUT2D eigenvalue weighted by Gasteiger charge is -2.08. The van der Waals surface area contributed by atoms with Gasteiger partial charge >= 0.3 is 6.03 Å². The van der Waals surface area contributed by atoms with Gasteiger partial charge in [0.25, 0.3) is 0 Å². The number of rotatable bonds is 4. The molecule has 0 atom stereocenters. The third kappa shape index (κ3) is 4.04. The van der Waals surface area contributed by atoms with Crippen LogP contribution < -0.4 is 16.0 Å². The number of carbonyl (C=O) groups excluding carboxylic acids is 1. The number of aromatic nitrogens is 3. The number of aromatic hydroxyl groups is 1. The number of hydrogen-bond donors (Lipinski definition) is 4. The molecule has 2 aromatic heterocycles. The van der Waals surface area contributed by atoms with Crippen LogP contribution in [0, 0.1) is 0 Å². The fraction of sp³-hybridized carbons (Fsp3) is 0.125. The van der Waals surface area contributed by atoms with Crippen molar-refractivity contribution >= 4 is 46.1 Å². The predicted octanol–water partition coefficient (Wildman–Crippen LogP) is 3.27. The molecule has 0 aliphatic heterocycles. The first-order valence-corrected chi connectivity index (χ1v) is 7.87. The second-order valence-electron chi connectivity index (χ2n) is 5.07. The van der Waals surface area contributed by atoms with E-state index >= 15 is 0 Å². The van der Waals surface area contributed by atoms with Crippen LogP contribution >= 0.6 is 11.6 Å². The number of phenolic OH excluding ortho intramolecular Hbond substituents is 1. The maximum atomic E-state index is 11.6. The van der Waals surface area contributed by atoms with Crippen molar-refractivity contribution in [2.75, 3.05) is 17.2 Å². The van der Waals surface area contributed by atoms with Gasteiger partial charge in [0, 0.05) is 12.2 Å². The van der Waals surface area contributed by atoms with Crippen LogP contribution in [0.25, 0.3) is 11.2 Å². The Morgan fingerprint density at radius 1 is 1.20 bits per heavy atom. The molecule has 0 saturated carbocycles. The second kappa shape index (κ2) is 7.18. The first kappa shape index (κ1) is 16.7. The number of amides is 2. The smallest absolute Gasteiger partial charge is 0.320 e. The molecule has 0 aliphatic rings. The summed E-state index contributed by atoms with van der Waals surface area (Å²) in [5.41, 5.74) is 1.62. The maximum absolute atomic E-state index is 11.6. The lowest BCUT2D eigenvalue weighted by molar-refractivity contribution is 0.252. The number of urea groups is 1. The number of nitrogens with one attached hydrogen (secondary N) is 3. The van der Waals surface area contributed by atoms with Crippen molar-refractivity contribution in [1.29, 1.82) is 0 Å². The number of benzene rings is 1. The van der Waals surface area contributed by atoms with E-state index in [4.69, 9.17) is 11.6 Å². The summed E-state index contributed by atoms with van der Waals surface area (Å²) in [5, 5.41) is 18.0. The highest BCUT2D eigenvalue weighted by Crippen LogP contribution is 2.27. The molecule has 4 N–H and O–H groups in total. The molecule has 0 spiro atoms. The van der Waals surface area contributed by atoms with E-state index in [0.29, 0.717) is 35.0 Å². The summed E-state index contributed by atoms with van der Waals surface area (Å²) in [6.07, 6.45) is 1.56. The molecule has 0 bridgehead atoms. The third-order valence-electron chi connectivity index (χ3n) is 3.21. The Labute approximate surface area is 148 Å². The number of fused-ring (bicyclic) bond motifs is 1. The van der Waals surface area contributed by atoms with Gasteiger partial charge in [-0.3, -0.25) is 5.32 Å². The highest BCUT2D eigenvalue weighted by Gasteiger charge is 2.07. The topological polar surface area (TPSA) is 112 Å². The summed E-state index contributed by atoms with van der Waals surface area (Å²) in [6, 6.07) is 7.75. The molecule has 0 aliphatic carbocycles. The fourth-order valence-corrected chi connectivity index (χ4v) is 2.26. The normalized spacial score (nSPS) is 10.5. The lowest BCUT2D eigenvalue weighted by atomic mass is 10.3. The zero-order valence-corrected chi connectivity index (χ0v) is 14.0. The minimum Gasteiger partial charge on any atom is -0.506 e. The Balaban J connectivity index is 1.84. The molecule has 0 radical (unpaired) electrons. The Kier molecular flexibility index (Phi) is 4.80. The van der Waals surface area contributed by atoms with Crippen LogP contribution in [0.3, 0.4) is 0 Å². The van der Waals surface area contributed by atoms with Crippen molar-refractivity contribution in [2.45, 2.75) is 6.92 Å². The van der Waals surface area contributed by atoms with E-state index < -0.39 is 0 Å². The summed E-state index contributed by atoms with van der Waals surface area (Å²) in [6.45, 7) is 2.34. The van der Waals surface area contributed by atoms with Crippen LogP contribution in [0.5, 0.6) is 5.75 Å². The Morgan fingerprint density at radius 2 is 2.00 bits per heavy atom. The van der Waals surface area contributed by atoms with Crippen LogP contribution in [-0.4, -0.2) is 32.6 Å². The number of pyridine rings is 1. The van der Waals surface area contributed by atoms with Crippen molar-refractivity contribution in [2.24, 2.45) is 0 Å². The van der Waals surface area contributed by atoms with Gasteiger partial charge in [0.2, 0.25) is 0 Å². The van der Waals surface area contributed by atoms with Crippen LogP contribution in [0.2, 0.25) is 5.02 Å². The molecule has 25 heavy (non-hydrogen) atoms. The minimum absolute atomic E-state index is 0.000416. The molecule has 0 saturated heterocycles. The van der Waals surface area contributed by atoms with Gasteiger partial charge in [-0.25, -0.2) is 19.7 Å². The van der Waals surface area contributed by atoms with Crippen LogP contribution in [0.15, 0.2) is 36.5 Å². The first-order valence-electron chi connectivity index (χ1n) is 7.49. The van der Waals surface area contributed by atoms with E-state index in [0.717, 1.165) is 0 Å². The lowest BCUT2D eigenvalue weighted by Crippen LogP contribution is -2.28. The Bertz CT molecular complexity index is 934.